The lowest BCUT2D eigenvalue weighted by molar-refractivity contribution is -0.137. The quantitative estimate of drug-likeness (QED) is 0.750. The molecule has 1 heterocycles. The lowest BCUT2D eigenvalue weighted by Gasteiger charge is -2.13. The van der Waals surface area contributed by atoms with Gasteiger partial charge in [0.1, 0.15) is 0 Å². The van der Waals surface area contributed by atoms with Crippen LogP contribution >= 0.6 is 0 Å². The summed E-state index contributed by atoms with van der Waals surface area (Å²) >= 11 is 0. The van der Waals surface area contributed by atoms with Gasteiger partial charge in [-0.3, -0.25) is 4.98 Å². The van der Waals surface area contributed by atoms with Crippen molar-refractivity contribution in [1.82, 2.24) is 4.98 Å². The summed E-state index contributed by atoms with van der Waals surface area (Å²) in [5.74, 6) is -1.10. The highest BCUT2D eigenvalue weighted by Crippen LogP contribution is 2.37. The van der Waals surface area contributed by atoms with E-state index in [9.17, 15) is 18.0 Å². The number of rotatable bonds is 2. The van der Waals surface area contributed by atoms with Crippen molar-refractivity contribution in [2.75, 3.05) is 0 Å². The van der Waals surface area contributed by atoms with Crippen LogP contribution in [-0.2, 0) is 6.18 Å². The Morgan fingerprint density at radius 3 is 2.48 bits per heavy atom. The van der Waals surface area contributed by atoms with Gasteiger partial charge in [0.25, 0.3) is 0 Å². The Morgan fingerprint density at radius 1 is 1.04 bits per heavy atom. The molecule has 1 N–H and O–H groups in total. The first-order valence-corrected chi connectivity index (χ1v) is 6.66. The first-order chi connectivity index (χ1) is 10.9. The number of carboxylic acids is 1. The second kappa shape index (κ2) is 5.39. The Bertz CT molecular complexity index is 904. The van der Waals surface area contributed by atoms with Crippen molar-refractivity contribution in [2.24, 2.45) is 0 Å². The predicted octanol–water partition coefficient (Wildman–Crippen LogP) is 4.62. The van der Waals surface area contributed by atoms with Gasteiger partial charge in [-0.2, -0.15) is 13.2 Å². The van der Waals surface area contributed by atoms with Crippen molar-refractivity contribution in [3.05, 3.63) is 65.9 Å². The van der Waals surface area contributed by atoms with Crippen molar-refractivity contribution in [1.29, 1.82) is 0 Å². The number of carbonyl (C=O) groups is 1. The maximum absolute atomic E-state index is 13.1. The van der Waals surface area contributed by atoms with Crippen molar-refractivity contribution >= 4 is 16.9 Å². The summed E-state index contributed by atoms with van der Waals surface area (Å²) in [6, 6.07) is 11.1. The average Bonchev–Trinajstić information content (AvgIpc) is 2.53. The molecule has 0 atom stereocenters. The van der Waals surface area contributed by atoms with Gasteiger partial charge in [0, 0.05) is 17.1 Å². The van der Waals surface area contributed by atoms with Crippen molar-refractivity contribution in [2.45, 2.75) is 6.18 Å². The molecule has 0 aliphatic heterocycles. The number of aromatic nitrogens is 1. The molecule has 0 saturated heterocycles. The Hall–Kier alpha value is -2.89. The maximum atomic E-state index is 13.1. The Kier molecular flexibility index (Phi) is 3.52. The normalized spacial score (nSPS) is 11.6. The fraction of sp³-hybridized carbons (Fsp3) is 0.0588. The lowest BCUT2D eigenvalue weighted by atomic mass is 9.99. The van der Waals surface area contributed by atoms with E-state index in [2.05, 4.69) is 4.98 Å². The molecule has 116 valence electrons. The number of carboxylic acid groups (broad SMARTS) is 1. The van der Waals surface area contributed by atoms with Crippen LogP contribution in [-0.4, -0.2) is 16.1 Å². The maximum Gasteiger partial charge on any atom is 0.417 e. The van der Waals surface area contributed by atoms with Crippen molar-refractivity contribution in [3.8, 4) is 11.1 Å². The van der Waals surface area contributed by atoms with Gasteiger partial charge in [-0.15, -0.1) is 0 Å². The second-order valence-corrected chi connectivity index (χ2v) is 4.98. The minimum Gasteiger partial charge on any atom is -0.478 e. The highest BCUT2D eigenvalue weighted by molar-refractivity contribution is 5.94. The monoisotopic (exact) mass is 317 g/mol. The van der Waals surface area contributed by atoms with E-state index in [1.165, 1.54) is 48.7 Å². The number of aromatic carboxylic acids is 1. The summed E-state index contributed by atoms with van der Waals surface area (Å²) in [6.07, 6.45) is -3.12. The second-order valence-electron chi connectivity index (χ2n) is 4.98. The van der Waals surface area contributed by atoms with Gasteiger partial charge in [0.2, 0.25) is 0 Å². The first-order valence-electron chi connectivity index (χ1n) is 6.66. The summed E-state index contributed by atoms with van der Waals surface area (Å²) < 4.78 is 39.4. The van der Waals surface area contributed by atoms with Crippen LogP contribution in [0.3, 0.4) is 0 Å². The molecular formula is C17H10F3NO2. The number of hydrogen-bond acceptors (Lipinski definition) is 2. The Morgan fingerprint density at radius 2 is 1.78 bits per heavy atom. The van der Waals surface area contributed by atoms with Crippen LogP contribution in [0, 0.1) is 0 Å². The van der Waals surface area contributed by atoms with E-state index < -0.39 is 17.7 Å². The van der Waals surface area contributed by atoms with Crippen LogP contribution < -0.4 is 0 Å². The minimum atomic E-state index is -4.48. The van der Waals surface area contributed by atoms with Crippen molar-refractivity contribution in [3.63, 3.8) is 0 Å². The first kappa shape index (κ1) is 15.0. The number of hydrogen-bond donors (Lipinski definition) is 1. The van der Waals surface area contributed by atoms with E-state index in [1.54, 1.807) is 0 Å². The highest BCUT2D eigenvalue weighted by atomic mass is 19.4. The van der Waals surface area contributed by atoms with Crippen LogP contribution in [0.2, 0.25) is 0 Å². The molecule has 3 nitrogen and oxygen atoms in total. The number of halogens is 3. The molecule has 0 saturated carbocycles. The number of nitrogens with zero attached hydrogens (tertiary/aromatic N) is 1. The molecule has 0 fully saturated rings. The molecule has 0 unspecified atom stereocenters. The standard InChI is InChI=1S/C17H10F3NO2/c18-17(19,20)14-4-2-1-3-13(14)12-8-11-7-10(16(22)23)5-6-15(11)21-9-12/h1-9H,(H,22,23). The molecule has 0 aliphatic carbocycles. The molecule has 2 aromatic carbocycles. The summed E-state index contributed by atoms with van der Waals surface area (Å²) in [5, 5.41) is 9.48. The van der Waals surface area contributed by atoms with E-state index in [4.69, 9.17) is 5.11 Å². The third kappa shape index (κ3) is 2.88. The van der Waals surface area contributed by atoms with Gasteiger partial charge in [0.15, 0.2) is 0 Å². The summed E-state index contributed by atoms with van der Waals surface area (Å²) in [7, 11) is 0. The van der Waals surface area contributed by atoms with E-state index in [-0.39, 0.29) is 16.7 Å². The zero-order chi connectivity index (χ0) is 16.6. The zero-order valence-corrected chi connectivity index (χ0v) is 11.6. The molecular weight excluding hydrogens is 307 g/mol. The van der Waals surface area contributed by atoms with Gasteiger partial charge in [-0.25, -0.2) is 4.79 Å². The summed E-state index contributed by atoms with van der Waals surface area (Å²) in [5.41, 5.74) is 0.113. The average molecular weight is 317 g/mol. The Balaban J connectivity index is 2.20. The van der Waals surface area contributed by atoms with E-state index in [0.717, 1.165) is 6.07 Å². The summed E-state index contributed by atoms with van der Waals surface area (Å²) in [6.45, 7) is 0. The van der Waals surface area contributed by atoms with E-state index in [0.29, 0.717) is 10.9 Å². The van der Waals surface area contributed by atoms with Gasteiger partial charge in [0.05, 0.1) is 16.6 Å². The SMILES string of the molecule is O=C(O)c1ccc2ncc(-c3ccccc3C(F)(F)F)cc2c1. The van der Waals surface area contributed by atoms with Crippen LogP contribution in [0.5, 0.6) is 0 Å². The van der Waals surface area contributed by atoms with E-state index >= 15 is 0 Å². The third-order valence-corrected chi connectivity index (χ3v) is 3.47. The molecule has 3 rings (SSSR count). The fourth-order valence-electron chi connectivity index (χ4n) is 2.39. The molecule has 0 radical (unpaired) electrons. The zero-order valence-electron chi connectivity index (χ0n) is 11.6. The van der Waals surface area contributed by atoms with Crippen LogP contribution in [0.1, 0.15) is 15.9 Å². The van der Waals surface area contributed by atoms with Crippen LogP contribution in [0.15, 0.2) is 54.7 Å². The molecule has 0 amide bonds. The number of benzene rings is 2. The van der Waals surface area contributed by atoms with Gasteiger partial charge >= 0.3 is 12.1 Å². The fourth-order valence-corrected chi connectivity index (χ4v) is 2.39. The lowest BCUT2D eigenvalue weighted by Crippen LogP contribution is -2.06. The van der Waals surface area contributed by atoms with Gasteiger partial charge in [-0.1, -0.05) is 18.2 Å². The summed E-state index contributed by atoms with van der Waals surface area (Å²) in [4.78, 5) is 15.1. The third-order valence-electron chi connectivity index (χ3n) is 3.47. The largest absolute Gasteiger partial charge is 0.478 e. The molecule has 3 aromatic rings. The molecule has 0 aliphatic rings. The van der Waals surface area contributed by atoms with Crippen LogP contribution in [0.25, 0.3) is 22.0 Å². The molecule has 1 aromatic heterocycles. The van der Waals surface area contributed by atoms with Gasteiger partial charge in [-0.05, 0) is 35.9 Å². The minimum absolute atomic E-state index is 0.00938. The topological polar surface area (TPSA) is 50.2 Å². The van der Waals surface area contributed by atoms with Gasteiger partial charge < -0.3 is 5.11 Å². The highest BCUT2D eigenvalue weighted by Gasteiger charge is 2.33. The molecule has 23 heavy (non-hydrogen) atoms. The molecule has 0 spiro atoms. The number of alkyl halides is 3. The molecule has 6 heteroatoms. The Labute approximate surface area is 129 Å². The van der Waals surface area contributed by atoms with Crippen molar-refractivity contribution < 1.29 is 23.1 Å². The van der Waals surface area contributed by atoms with Crippen LogP contribution in [0.4, 0.5) is 13.2 Å². The van der Waals surface area contributed by atoms with E-state index in [1.807, 2.05) is 0 Å². The number of fused-ring (bicyclic) bond motifs is 1. The molecule has 0 bridgehead atoms. The number of pyridine rings is 1. The smallest absolute Gasteiger partial charge is 0.417 e. The predicted molar refractivity (Wildman–Crippen MR) is 79.1 cm³/mol.